The van der Waals surface area contributed by atoms with Crippen LogP contribution < -0.4 is 0 Å². The van der Waals surface area contributed by atoms with E-state index in [0.717, 1.165) is 10.3 Å². The molecule has 1 saturated heterocycles. The predicted molar refractivity (Wildman–Crippen MR) is 72.7 cm³/mol. The van der Waals surface area contributed by atoms with Crippen molar-refractivity contribution in [3.63, 3.8) is 0 Å². The van der Waals surface area contributed by atoms with E-state index in [2.05, 4.69) is 6.92 Å². The SMILES string of the molecule is CCCCCCCC[C@@H]1SC[C@@H](CO)S1. The van der Waals surface area contributed by atoms with Gasteiger partial charge in [-0.05, 0) is 6.42 Å². The van der Waals surface area contributed by atoms with Gasteiger partial charge in [0.05, 0.1) is 11.2 Å². The van der Waals surface area contributed by atoms with Crippen molar-refractivity contribution in [1.29, 1.82) is 0 Å². The molecule has 1 rings (SSSR count). The van der Waals surface area contributed by atoms with E-state index in [9.17, 15) is 0 Å². The second-order valence-corrected chi connectivity index (χ2v) is 7.30. The van der Waals surface area contributed by atoms with Crippen LogP contribution in [0.5, 0.6) is 0 Å². The highest BCUT2D eigenvalue weighted by atomic mass is 32.2. The van der Waals surface area contributed by atoms with E-state index in [4.69, 9.17) is 5.11 Å². The molecular weight excluding hydrogens is 224 g/mol. The van der Waals surface area contributed by atoms with Crippen molar-refractivity contribution in [2.45, 2.75) is 61.7 Å². The van der Waals surface area contributed by atoms with Crippen molar-refractivity contribution >= 4 is 23.5 Å². The predicted octanol–water partition coefficient (Wildman–Crippen LogP) is 3.90. The minimum Gasteiger partial charge on any atom is -0.395 e. The van der Waals surface area contributed by atoms with E-state index in [0.29, 0.717) is 11.9 Å². The van der Waals surface area contributed by atoms with Gasteiger partial charge in [0.15, 0.2) is 0 Å². The first-order valence-electron chi connectivity index (χ1n) is 6.24. The van der Waals surface area contributed by atoms with Gasteiger partial charge in [0.1, 0.15) is 0 Å². The smallest absolute Gasteiger partial charge is 0.0558 e. The summed E-state index contributed by atoms with van der Waals surface area (Å²) in [4.78, 5) is 0. The maximum atomic E-state index is 9.02. The van der Waals surface area contributed by atoms with Gasteiger partial charge in [0, 0.05) is 11.0 Å². The summed E-state index contributed by atoms with van der Waals surface area (Å²) in [6.45, 7) is 2.63. The third kappa shape index (κ3) is 6.08. The molecule has 0 unspecified atom stereocenters. The van der Waals surface area contributed by atoms with E-state index in [1.165, 1.54) is 44.9 Å². The van der Waals surface area contributed by atoms with Crippen LogP contribution in [0.25, 0.3) is 0 Å². The lowest BCUT2D eigenvalue weighted by Gasteiger charge is -2.08. The third-order valence-corrected chi connectivity index (χ3v) is 6.20. The van der Waals surface area contributed by atoms with E-state index in [1.807, 2.05) is 23.5 Å². The first-order chi connectivity index (χ1) is 7.36. The Balaban J connectivity index is 1.88. The first kappa shape index (κ1) is 13.7. The molecule has 1 aliphatic rings. The summed E-state index contributed by atoms with van der Waals surface area (Å²) < 4.78 is 0.772. The van der Waals surface area contributed by atoms with Crippen LogP contribution in [-0.4, -0.2) is 27.3 Å². The molecule has 1 aliphatic heterocycles. The van der Waals surface area contributed by atoms with Crippen LogP contribution in [0.2, 0.25) is 0 Å². The molecule has 0 aromatic rings. The van der Waals surface area contributed by atoms with Crippen LogP contribution in [-0.2, 0) is 0 Å². The number of hydrogen-bond acceptors (Lipinski definition) is 3. The van der Waals surface area contributed by atoms with Gasteiger partial charge in [-0.3, -0.25) is 0 Å². The minimum atomic E-state index is 0.366. The summed E-state index contributed by atoms with van der Waals surface area (Å²) in [6.07, 6.45) is 9.71. The fourth-order valence-electron chi connectivity index (χ4n) is 1.85. The summed E-state index contributed by atoms with van der Waals surface area (Å²) in [5, 5.41) is 9.53. The molecule has 15 heavy (non-hydrogen) atoms. The van der Waals surface area contributed by atoms with Gasteiger partial charge in [-0.2, -0.15) is 0 Å². The molecule has 0 bridgehead atoms. The van der Waals surface area contributed by atoms with Gasteiger partial charge in [0.2, 0.25) is 0 Å². The number of hydrogen-bond donors (Lipinski definition) is 1. The van der Waals surface area contributed by atoms with E-state index in [1.54, 1.807) is 0 Å². The third-order valence-electron chi connectivity index (χ3n) is 2.81. The molecule has 0 aromatic heterocycles. The van der Waals surface area contributed by atoms with Crippen LogP contribution in [0.4, 0.5) is 0 Å². The molecule has 1 heterocycles. The largest absolute Gasteiger partial charge is 0.395 e. The molecule has 0 spiro atoms. The fraction of sp³-hybridized carbons (Fsp3) is 1.00. The second kappa shape index (κ2) is 8.77. The lowest BCUT2D eigenvalue weighted by Crippen LogP contribution is -2.06. The average Bonchev–Trinajstić information content (AvgIpc) is 2.71. The fourth-order valence-corrected chi connectivity index (χ4v) is 5.10. The van der Waals surface area contributed by atoms with Gasteiger partial charge in [0.25, 0.3) is 0 Å². The highest BCUT2D eigenvalue weighted by molar-refractivity contribution is 8.20. The Morgan fingerprint density at radius 3 is 2.53 bits per heavy atom. The van der Waals surface area contributed by atoms with Crippen molar-refractivity contribution in [2.24, 2.45) is 0 Å². The molecule has 90 valence electrons. The van der Waals surface area contributed by atoms with Gasteiger partial charge in [-0.1, -0.05) is 45.4 Å². The maximum Gasteiger partial charge on any atom is 0.0558 e. The van der Waals surface area contributed by atoms with E-state index in [-0.39, 0.29) is 0 Å². The minimum absolute atomic E-state index is 0.366. The van der Waals surface area contributed by atoms with Crippen LogP contribution in [0, 0.1) is 0 Å². The van der Waals surface area contributed by atoms with E-state index >= 15 is 0 Å². The zero-order chi connectivity index (χ0) is 10.9. The van der Waals surface area contributed by atoms with Crippen LogP contribution in [0.1, 0.15) is 51.9 Å². The summed E-state index contributed by atoms with van der Waals surface area (Å²) in [5.74, 6) is 1.15. The molecule has 0 saturated carbocycles. The molecule has 2 atom stereocenters. The quantitative estimate of drug-likeness (QED) is 0.658. The monoisotopic (exact) mass is 248 g/mol. The summed E-state index contributed by atoms with van der Waals surface area (Å²) in [5.41, 5.74) is 0. The van der Waals surface area contributed by atoms with E-state index < -0.39 is 0 Å². The standard InChI is InChI=1S/C12H24OS2/c1-2-3-4-5-6-7-8-12-14-10-11(9-13)15-12/h11-13H,2-10H2,1H3/t11-,12-/m1/s1. The Morgan fingerprint density at radius 2 is 1.87 bits per heavy atom. The van der Waals surface area contributed by atoms with Crippen molar-refractivity contribution in [1.82, 2.24) is 0 Å². The molecule has 0 aromatic carbocycles. The lowest BCUT2D eigenvalue weighted by atomic mass is 10.1. The zero-order valence-electron chi connectivity index (χ0n) is 9.78. The molecule has 1 nitrogen and oxygen atoms in total. The molecule has 3 heteroatoms. The van der Waals surface area contributed by atoms with Crippen molar-refractivity contribution in [3.05, 3.63) is 0 Å². The Bertz CT molecular complexity index is 153. The lowest BCUT2D eigenvalue weighted by molar-refractivity contribution is 0.301. The topological polar surface area (TPSA) is 20.2 Å². The van der Waals surface area contributed by atoms with Gasteiger partial charge in [-0.15, -0.1) is 23.5 Å². The summed E-state index contributed by atoms with van der Waals surface area (Å²) in [6, 6.07) is 0. The van der Waals surface area contributed by atoms with Crippen molar-refractivity contribution in [2.75, 3.05) is 12.4 Å². The highest BCUT2D eigenvalue weighted by Gasteiger charge is 2.24. The second-order valence-electron chi connectivity index (χ2n) is 4.26. The molecule has 0 radical (unpaired) electrons. The molecule has 0 amide bonds. The average molecular weight is 248 g/mol. The summed E-state index contributed by atoms with van der Waals surface area (Å²) >= 11 is 4.04. The molecule has 0 aliphatic carbocycles. The molecule has 1 N–H and O–H groups in total. The van der Waals surface area contributed by atoms with Gasteiger partial charge in [-0.25, -0.2) is 0 Å². The Kier molecular flexibility index (Phi) is 8.02. The molecule has 1 fully saturated rings. The van der Waals surface area contributed by atoms with Crippen LogP contribution in [0.3, 0.4) is 0 Å². The Labute approximate surface area is 103 Å². The first-order valence-corrected chi connectivity index (χ1v) is 8.24. The number of unbranched alkanes of at least 4 members (excludes halogenated alkanes) is 5. The molecular formula is C12H24OS2. The normalized spacial score (nSPS) is 26.0. The maximum absolute atomic E-state index is 9.02. The Hall–Kier alpha value is 0.660. The van der Waals surface area contributed by atoms with Crippen LogP contribution in [0.15, 0.2) is 0 Å². The number of aliphatic hydroxyl groups is 1. The zero-order valence-corrected chi connectivity index (χ0v) is 11.4. The highest BCUT2D eigenvalue weighted by Crippen LogP contribution is 2.40. The number of thioether (sulfide) groups is 2. The van der Waals surface area contributed by atoms with Crippen molar-refractivity contribution < 1.29 is 5.11 Å². The van der Waals surface area contributed by atoms with Gasteiger partial charge >= 0.3 is 0 Å². The number of rotatable bonds is 8. The van der Waals surface area contributed by atoms with Gasteiger partial charge < -0.3 is 5.11 Å². The van der Waals surface area contributed by atoms with Crippen LogP contribution >= 0.6 is 23.5 Å². The Morgan fingerprint density at radius 1 is 1.13 bits per heavy atom. The van der Waals surface area contributed by atoms with Crippen molar-refractivity contribution in [3.8, 4) is 0 Å². The summed E-state index contributed by atoms with van der Waals surface area (Å²) in [7, 11) is 0. The number of aliphatic hydroxyl groups excluding tert-OH is 1.